The van der Waals surface area contributed by atoms with E-state index in [1.165, 1.54) is 25.3 Å². The van der Waals surface area contributed by atoms with Crippen LogP contribution in [-0.2, 0) is 16.3 Å². The Balaban J connectivity index is 2.92. The SMILES string of the molecule is COc1cc(CC(=O)O)ccc1[O]. The van der Waals surface area contributed by atoms with Crippen LogP contribution < -0.4 is 4.74 Å². The normalized spacial score (nSPS) is 9.62. The second kappa shape index (κ2) is 3.80. The van der Waals surface area contributed by atoms with Crippen molar-refractivity contribution in [3.63, 3.8) is 0 Å². The van der Waals surface area contributed by atoms with Gasteiger partial charge in [-0.05, 0) is 17.7 Å². The van der Waals surface area contributed by atoms with Gasteiger partial charge in [0.15, 0.2) is 5.75 Å². The Labute approximate surface area is 75.4 Å². The summed E-state index contributed by atoms with van der Waals surface area (Å²) >= 11 is 0. The van der Waals surface area contributed by atoms with Crippen molar-refractivity contribution in [3.05, 3.63) is 23.8 Å². The van der Waals surface area contributed by atoms with E-state index in [9.17, 15) is 9.90 Å². The van der Waals surface area contributed by atoms with Crippen molar-refractivity contribution in [2.45, 2.75) is 6.42 Å². The van der Waals surface area contributed by atoms with Crippen molar-refractivity contribution in [2.24, 2.45) is 0 Å². The lowest BCUT2D eigenvalue weighted by Gasteiger charge is -2.02. The predicted octanol–water partition coefficient (Wildman–Crippen LogP) is 1.47. The van der Waals surface area contributed by atoms with Crippen LogP contribution in [0, 0.1) is 0 Å². The van der Waals surface area contributed by atoms with Gasteiger partial charge >= 0.3 is 5.97 Å². The molecule has 0 saturated heterocycles. The number of carboxylic acid groups (broad SMARTS) is 1. The zero-order valence-corrected chi connectivity index (χ0v) is 7.11. The number of ether oxygens (including phenoxy) is 1. The summed E-state index contributed by atoms with van der Waals surface area (Å²) in [6.45, 7) is 0. The number of carboxylic acids is 1. The smallest absolute Gasteiger partial charge is 0.307 e. The molecule has 0 aliphatic heterocycles. The Bertz CT molecular complexity index is 319. The van der Waals surface area contributed by atoms with Gasteiger partial charge in [-0.1, -0.05) is 6.07 Å². The van der Waals surface area contributed by atoms with Gasteiger partial charge in [-0.15, -0.1) is 0 Å². The number of aliphatic carboxylic acids is 1. The highest BCUT2D eigenvalue weighted by Gasteiger charge is 2.06. The fourth-order valence-corrected chi connectivity index (χ4v) is 0.997. The minimum atomic E-state index is -0.930. The molecule has 0 aliphatic carbocycles. The van der Waals surface area contributed by atoms with Crippen molar-refractivity contribution < 1.29 is 19.7 Å². The molecular formula is C9H9O4. The molecule has 1 aromatic carbocycles. The maximum absolute atomic E-state index is 11.0. The lowest BCUT2D eigenvalue weighted by molar-refractivity contribution is -0.136. The van der Waals surface area contributed by atoms with Gasteiger partial charge in [-0.3, -0.25) is 9.90 Å². The average molecular weight is 181 g/mol. The molecule has 0 saturated carbocycles. The molecular weight excluding hydrogens is 172 g/mol. The first-order valence-electron chi connectivity index (χ1n) is 3.69. The molecule has 4 nitrogen and oxygen atoms in total. The lowest BCUT2D eigenvalue weighted by Crippen LogP contribution is -1.99. The summed E-state index contributed by atoms with van der Waals surface area (Å²) in [4.78, 5) is 10.3. The molecule has 0 amide bonds. The molecule has 1 rings (SSSR count). The van der Waals surface area contributed by atoms with Gasteiger partial charge in [0, 0.05) is 0 Å². The molecule has 13 heavy (non-hydrogen) atoms. The van der Waals surface area contributed by atoms with Gasteiger partial charge in [0.1, 0.15) is 0 Å². The van der Waals surface area contributed by atoms with Crippen molar-refractivity contribution in [1.29, 1.82) is 0 Å². The summed E-state index contributed by atoms with van der Waals surface area (Å²) in [5.74, 6) is -0.990. The number of rotatable bonds is 3. The molecule has 4 heteroatoms. The minimum Gasteiger partial charge on any atom is -0.493 e. The Kier molecular flexibility index (Phi) is 2.74. The number of methoxy groups -OCH3 is 1. The molecule has 0 bridgehead atoms. The molecule has 1 aromatic rings. The molecule has 1 radical (unpaired) electrons. The average Bonchev–Trinajstić information content (AvgIpc) is 2.07. The van der Waals surface area contributed by atoms with E-state index in [1.54, 1.807) is 0 Å². The zero-order valence-electron chi connectivity index (χ0n) is 7.11. The molecule has 0 spiro atoms. The first-order chi connectivity index (χ1) is 6.13. The fraction of sp³-hybridized carbons (Fsp3) is 0.222. The van der Waals surface area contributed by atoms with E-state index in [0.29, 0.717) is 5.56 Å². The van der Waals surface area contributed by atoms with E-state index < -0.39 is 5.97 Å². The Morgan fingerprint density at radius 2 is 2.23 bits per heavy atom. The fourth-order valence-electron chi connectivity index (χ4n) is 0.997. The second-order valence-electron chi connectivity index (χ2n) is 2.56. The highest BCUT2D eigenvalue weighted by atomic mass is 16.5. The minimum absolute atomic E-state index is 0.101. The van der Waals surface area contributed by atoms with E-state index in [4.69, 9.17) is 9.84 Å². The monoisotopic (exact) mass is 181 g/mol. The van der Waals surface area contributed by atoms with Crippen LogP contribution in [0.2, 0.25) is 0 Å². The molecule has 0 heterocycles. The molecule has 0 fully saturated rings. The molecule has 69 valence electrons. The summed E-state index contributed by atoms with van der Waals surface area (Å²) in [6, 6.07) is 4.23. The summed E-state index contributed by atoms with van der Waals surface area (Å²) in [6.07, 6.45) is -0.101. The van der Waals surface area contributed by atoms with Crippen LogP contribution >= 0.6 is 0 Å². The Morgan fingerprint density at radius 1 is 1.54 bits per heavy atom. The number of hydrogen-bond donors (Lipinski definition) is 1. The third kappa shape index (κ3) is 2.37. The maximum Gasteiger partial charge on any atom is 0.307 e. The van der Waals surface area contributed by atoms with Gasteiger partial charge < -0.3 is 9.84 Å². The first kappa shape index (κ1) is 9.38. The van der Waals surface area contributed by atoms with Gasteiger partial charge in [0.25, 0.3) is 0 Å². The summed E-state index contributed by atoms with van der Waals surface area (Å²) in [5.41, 5.74) is 0.559. The molecule has 0 atom stereocenters. The Morgan fingerprint density at radius 3 is 2.77 bits per heavy atom. The maximum atomic E-state index is 11.0. The van der Waals surface area contributed by atoms with E-state index in [1.807, 2.05) is 0 Å². The summed E-state index contributed by atoms with van der Waals surface area (Å²) in [5, 5.41) is 19.5. The standard InChI is InChI=1S/C9H9O4/c1-13-8-4-6(5-9(11)12)2-3-7(8)10/h2-4H,5H2,1H3,(H,11,12). The zero-order chi connectivity index (χ0) is 9.84. The van der Waals surface area contributed by atoms with Crippen LogP contribution in [-0.4, -0.2) is 18.2 Å². The van der Waals surface area contributed by atoms with Crippen LogP contribution in [0.5, 0.6) is 11.5 Å². The van der Waals surface area contributed by atoms with E-state index >= 15 is 0 Å². The number of carbonyl (C=O) groups is 1. The first-order valence-corrected chi connectivity index (χ1v) is 3.69. The van der Waals surface area contributed by atoms with Crippen LogP contribution in [0.25, 0.3) is 0 Å². The van der Waals surface area contributed by atoms with Gasteiger partial charge in [0.05, 0.1) is 13.5 Å². The molecule has 1 N–H and O–H groups in total. The lowest BCUT2D eigenvalue weighted by atomic mass is 10.1. The number of hydrogen-bond acceptors (Lipinski definition) is 2. The van der Waals surface area contributed by atoms with Crippen LogP contribution in [0.15, 0.2) is 18.2 Å². The molecule has 0 unspecified atom stereocenters. The van der Waals surface area contributed by atoms with E-state index in [2.05, 4.69) is 0 Å². The summed E-state index contributed by atoms with van der Waals surface area (Å²) in [7, 11) is 1.38. The van der Waals surface area contributed by atoms with Crippen molar-refractivity contribution >= 4 is 5.97 Å². The van der Waals surface area contributed by atoms with Crippen LogP contribution in [0.1, 0.15) is 5.56 Å². The van der Waals surface area contributed by atoms with Crippen molar-refractivity contribution in [3.8, 4) is 11.5 Å². The highest BCUT2D eigenvalue weighted by molar-refractivity contribution is 5.70. The second-order valence-corrected chi connectivity index (χ2v) is 2.56. The third-order valence-corrected chi connectivity index (χ3v) is 1.58. The van der Waals surface area contributed by atoms with E-state index in [-0.39, 0.29) is 17.9 Å². The largest absolute Gasteiger partial charge is 0.493 e. The van der Waals surface area contributed by atoms with E-state index in [0.717, 1.165) is 0 Å². The summed E-state index contributed by atoms with van der Waals surface area (Å²) < 4.78 is 4.76. The Hall–Kier alpha value is -1.71. The predicted molar refractivity (Wildman–Crippen MR) is 44.5 cm³/mol. The van der Waals surface area contributed by atoms with Crippen molar-refractivity contribution in [2.75, 3.05) is 7.11 Å². The molecule has 0 aromatic heterocycles. The van der Waals surface area contributed by atoms with Gasteiger partial charge in [-0.2, -0.15) is 0 Å². The topological polar surface area (TPSA) is 66.4 Å². The number of benzene rings is 1. The van der Waals surface area contributed by atoms with Crippen molar-refractivity contribution in [1.82, 2.24) is 0 Å². The van der Waals surface area contributed by atoms with Gasteiger partial charge in [-0.25, -0.2) is 0 Å². The van der Waals surface area contributed by atoms with Crippen LogP contribution in [0.3, 0.4) is 0 Å². The van der Waals surface area contributed by atoms with Crippen LogP contribution in [0.4, 0.5) is 0 Å². The van der Waals surface area contributed by atoms with Gasteiger partial charge in [0.2, 0.25) is 5.75 Å². The molecule has 0 aliphatic rings. The quantitative estimate of drug-likeness (QED) is 0.767. The highest BCUT2D eigenvalue weighted by Crippen LogP contribution is 2.26. The third-order valence-electron chi connectivity index (χ3n) is 1.58.